The van der Waals surface area contributed by atoms with Crippen LogP contribution in [0.2, 0.25) is 0 Å². The molecule has 7 nitrogen and oxygen atoms in total. The lowest BCUT2D eigenvalue weighted by atomic mass is 9.91. The van der Waals surface area contributed by atoms with Crippen LogP contribution in [0.4, 0.5) is 4.79 Å². The van der Waals surface area contributed by atoms with Crippen LogP contribution in [0.1, 0.15) is 35.2 Å². The quantitative estimate of drug-likeness (QED) is 0.578. The van der Waals surface area contributed by atoms with Gasteiger partial charge in [0.25, 0.3) is 5.91 Å². The molecular formula is C28H32N4O3. The van der Waals surface area contributed by atoms with Gasteiger partial charge in [-0.2, -0.15) is 0 Å². The van der Waals surface area contributed by atoms with Crippen molar-refractivity contribution in [3.05, 3.63) is 94.7 Å². The Bertz CT molecular complexity index is 1190. The fourth-order valence-electron chi connectivity index (χ4n) is 4.95. The largest absolute Gasteiger partial charge is 0.351 e. The van der Waals surface area contributed by atoms with Gasteiger partial charge in [0.05, 0.1) is 23.9 Å². The van der Waals surface area contributed by atoms with Gasteiger partial charge in [0.2, 0.25) is 5.91 Å². The molecule has 0 saturated carbocycles. The maximum atomic E-state index is 14.0. The van der Waals surface area contributed by atoms with E-state index in [1.54, 1.807) is 15.9 Å². The van der Waals surface area contributed by atoms with Gasteiger partial charge in [0.15, 0.2) is 0 Å². The lowest BCUT2D eigenvalue weighted by Gasteiger charge is -2.33. The predicted molar refractivity (Wildman–Crippen MR) is 135 cm³/mol. The van der Waals surface area contributed by atoms with E-state index in [0.29, 0.717) is 30.8 Å². The molecule has 0 aromatic heterocycles. The smallest absolute Gasteiger partial charge is 0.322 e. The van der Waals surface area contributed by atoms with Gasteiger partial charge in [0, 0.05) is 19.5 Å². The summed E-state index contributed by atoms with van der Waals surface area (Å²) in [6.07, 6.45) is 1.99. The molecule has 2 aromatic rings. The average molecular weight is 473 g/mol. The molecule has 2 aliphatic heterocycles. The van der Waals surface area contributed by atoms with Gasteiger partial charge in [-0.05, 0) is 37.5 Å². The number of amides is 4. The molecule has 4 amide bonds. The maximum absolute atomic E-state index is 14.0. The van der Waals surface area contributed by atoms with Crippen LogP contribution in [0.3, 0.4) is 0 Å². The van der Waals surface area contributed by atoms with E-state index in [-0.39, 0.29) is 24.4 Å². The van der Waals surface area contributed by atoms with Crippen LogP contribution in [-0.4, -0.2) is 53.3 Å². The zero-order chi connectivity index (χ0) is 25.1. The second kappa shape index (κ2) is 10.2. The average Bonchev–Trinajstić information content (AvgIpc) is 3.18. The number of urea groups is 1. The van der Waals surface area contributed by atoms with Crippen LogP contribution in [0.25, 0.3) is 0 Å². The molecule has 0 radical (unpaired) electrons. The summed E-state index contributed by atoms with van der Waals surface area (Å²) in [5.74, 6) is -0.467. The summed E-state index contributed by atoms with van der Waals surface area (Å²) in [5.41, 5.74) is 5.16. The number of rotatable bonds is 8. The normalized spacial score (nSPS) is 18.3. The Balaban J connectivity index is 1.74. The van der Waals surface area contributed by atoms with Gasteiger partial charge < -0.3 is 15.5 Å². The molecule has 4 rings (SSSR count). The second-order valence-electron chi connectivity index (χ2n) is 9.02. The fourth-order valence-corrected chi connectivity index (χ4v) is 4.95. The highest BCUT2D eigenvalue weighted by atomic mass is 16.2. The van der Waals surface area contributed by atoms with Crippen LogP contribution in [0, 0.1) is 13.8 Å². The number of nitrogens with zero attached hydrogens (tertiary/aromatic N) is 2. The van der Waals surface area contributed by atoms with Crippen LogP contribution >= 0.6 is 0 Å². The van der Waals surface area contributed by atoms with E-state index in [2.05, 4.69) is 17.2 Å². The first-order valence-corrected chi connectivity index (χ1v) is 12.0. The molecule has 0 aliphatic carbocycles. The van der Waals surface area contributed by atoms with Crippen molar-refractivity contribution in [1.29, 1.82) is 0 Å². The summed E-state index contributed by atoms with van der Waals surface area (Å²) >= 11 is 0. The van der Waals surface area contributed by atoms with Crippen molar-refractivity contribution in [1.82, 2.24) is 20.4 Å². The van der Waals surface area contributed by atoms with Crippen LogP contribution in [-0.2, 0) is 16.0 Å². The number of carbonyl (C=O) groups excluding carboxylic acids is 3. The minimum absolute atomic E-state index is 0.204. The first-order chi connectivity index (χ1) is 16.8. The van der Waals surface area contributed by atoms with Crippen molar-refractivity contribution in [2.75, 3.05) is 19.6 Å². The van der Waals surface area contributed by atoms with Crippen molar-refractivity contribution < 1.29 is 14.4 Å². The Morgan fingerprint density at radius 3 is 2.60 bits per heavy atom. The lowest BCUT2D eigenvalue weighted by Crippen LogP contribution is -2.50. The molecule has 2 unspecified atom stereocenters. The van der Waals surface area contributed by atoms with E-state index in [4.69, 9.17) is 0 Å². The zero-order valence-corrected chi connectivity index (χ0v) is 20.5. The van der Waals surface area contributed by atoms with E-state index in [0.717, 1.165) is 22.3 Å². The minimum atomic E-state index is -0.718. The number of carbonyl (C=O) groups is 3. The molecule has 2 heterocycles. The van der Waals surface area contributed by atoms with Crippen molar-refractivity contribution in [2.24, 2.45) is 0 Å². The van der Waals surface area contributed by atoms with Crippen molar-refractivity contribution >= 4 is 17.8 Å². The van der Waals surface area contributed by atoms with Gasteiger partial charge >= 0.3 is 6.03 Å². The van der Waals surface area contributed by atoms with E-state index in [9.17, 15) is 14.4 Å². The number of likely N-dealkylation sites (N-methyl/N-ethyl adjacent to an activating group) is 1. The third kappa shape index (κ3) is 4.71. The molecule has 2 aliphatic rings. The van der Waals surface area contributed by atoms with Crippen molar-refractivity contribution in [2.45, 2.75) is 39.3 Å². The third-order valence-electron chi connectivity index (χ3n) is 6.67. The third-order valence-corrected chi connectivity index (χ3v) is 6.67. The Kier molecular flexibility index (Phi) is 7.05. The number of aryl methyl sites for hydroxylation is 2. The first-order valence-electron chi connectivity index (χ1n) is 12.0. The van der Waals surface area contributed by atoms with Gasteiger partial charge in [-0.25, -0.2) is 4.79 Å². The highest BCUT2D eigenvalue weighted by Gasteiger charge is 2.47. The molecule has 0 fully saturated rings. The van der Waals surface area contributed by atoms with E-state index in [1.807, 2.05) is 69.3 Å². The zero-order valence-electron chi connectivity index (χ0n) is 20.5. The van der Waals surface area contributed by atoms with E-state index in [1.165, 1.54) is 0 Å². The van der Waals surface area contributed by atoms with Crippen molar-refractivity contribution in [3.63, 3.8) is 0 Å². The summed E-state index contributed by atoms with van der Waals surface area (Å²) < 4.78 is 0. The summed E-state index contributed by atoms with van der Waals surface area (Å²) in [6, 6.07) is 14.1. The molecule has 182 valence electrons. The van der Waals surface area contributed by atoms with Crippen molar-refractivity contribution in [3.8, 4) is 0 Å². The van der Waals surface area contributed by atoms with E-state index < -0.39 is 12.1 Å². The predicted octanol–water partition coefficient (Wildman–Crippen LogP) is 3.40. The number of hydrogen-bond acceptors (Lipinski definition) is 3. The topological polar surface area (TPSA) is 81.8 Å². The standard InChI is InChI=1S/C28H32N4O3/c1-5-14-29-26(33)22(16-20-10-8-7-9-11-20)32-17-23-24(27(32)34)25(30-28(35)31(23)6-2)21-13-12-18(3)15-19(21)4/h5,7-13,15,22,25H,1,6,14,16-17H2,2-4H3,(H,29,33)(H,30,35). The highest BCUT2D eigenvalue weighted by molar-refractivity contribution is 6.03. The molecule has 0 bridgehead atoms. The molecule has 35 heavy (non-hydrogen) atoms. The van der Waals surface area contributed by atoms with E-state index >= 15 is 0 Å². The van der Waals surface area contributed by atoms with Crippen LogP contribution in [0.5, 0.6) is 0 Å². The minimum Gasteiger partial charge on any atom is -0.351 e. The number of nitrogens with one attached hydrogen (secondary N) is 2. The maximum Gasteiger partial charge on any atom is 0.322 e. The summed E-state index contributed by atoms with van der Waals surface area (Å²) in [4.78, 5) is 43.5. The van der Waals surface area contributed by atoms with Gasteiger partial charge in [0.1, 0.15) is 6.04 Å². The number of benzene rings is 2. The lowest BCUT2D eigenvalue weighted by molar-refractivity contribution is -0.136. The van der Waals surface area contributed by atoms with Gasteiger partial charge in [-0.3, -0.25) is 14.5 Å². The Morgan fingerprint density at radius 1 is 1.20 bits per heavy atom. The fraction of sp³-hybridized carbons (Fsp3) is 0.321. The molecule has 7 heteroatoms. The molecule has 0 spiro atoms. The highest BCUT2D eigenvalue weighted by Crippen LogP contribution is 2.38. The Morgan fingerprint density at radius 2 is 1.94 bits per heavy atom. The molecule has 2 atom stereocenters. The van der Waals surface area contributed by atoms with Gasteiger partial charge in [-0.15, -0.1) is 6.58 Å². The Hall–Kier alpha value is -3.87. The monoisotopic (exact) mass is 472 g/mol. The second-order valence-corrected chi connectivity index (χ2v) is 9.02. The van der Waals surface area contributed by atoms with Crippen LogP contribution < -0.4 is 10.6 Å². The molecule has 2 aromatic carbocycles. The molecular weight excluding hydrogens is 440 g/mol. The molecule has 0 saturated heterocycles. The Labute approximate surface area is 206 Å². The SMILES string of the molecule is C=CCNC(=O)C(Cc1ccccc1)N1CC2=C(C1=O)C(c1ccc(C)cc1C)NC(=O)N2CC. The van der Waals surface area contributed by atoms with Gasteiger partial charge in [-0.1, -0.05) is 60.2 Å². The van der Waals surface area contributed by atoms with Crippen LogP contribution in [0.15, 0.2) is 72.5 Å². The first kappa shape index (κ1) is 24.3. The summed E-state index contributed by atoms with van der Waals surface area (Å²) in [6.45, 7) is 10.5. The molecule has 2 N–H and O–H groups in total. The number of hydrogen-bond donors (Lipinski definition) is 2. The summed E-state index contributed by atoms with van der Waals surface area (Å²) in [5, 5.41) is 5.89. The summed E-state index contributed by atoms with van der Waals surface area (Å²) in [7, 11) is 0.